The van der Waals surface area contributed by atoms with Crippen LogP contribution in [-0.2, 0) is 27.3 Å². The molecule has 0 spiro atoms. The predicted octanol–water partition coefficient (Wildman–Crippen LogP) is 5.69. The highest BCUT2D eigenvalue weighted by atomic mass is 32.2. The highest BCUT2D eigenvalue weighted by Gasteiger charge is 2.31. The standard InChI is InChI=1S/C31H45N5O5S2/c1-29(2,3)21-17-20(14-15-23(21)43(39,40)36-30(4,5)6)24-22(16-19-12-10-9-11-13-19)33-26(42-24)25(37)32-18-31(7,8)27-34-28(38)41-35-27/h14-15,17,19,36H,9-13,16,18H2,1-8H3,(H,32,37)(H,34,35,38). The molecule has 12 heteroatoms. The van der Waals surface area contributed by atoms with Crippen molar-refractivity contribution in [2.24, 2.45) is 5.92 Å². The molecule has 0 atom stereocenters. The molecule has 1 aliphatic rings. The van der Waals surface area contributed by atoms with Crippen LogP contribution in [0.5, 0.6) is 0 Å². The predicted molar refractivity (Wildman–Crippen MR) is 169 cm³/mol. The minimum atomic E-state index is -3.77. The van der Waals surface area contributed by atoms with E-state index in [4.69, 9.17) is 4.98 Å². The minimum absolute atomic E-state index is 0.211. The van der Waals surface area contributed by atoms with Gasteiger partial charge in [-0.2, -0.15) is 0 Å². The van der Waals surface area contributed by atoms with E-state index in [-0.39, 0.29) is 17.3 Å². The SMILES string of the molecule is CC(C)(C)NS(=O)(=O)c1ccc(-c2sc(C(=O)NCC(C)(C)c3noc(=O)[nH]3)nc2CC2CCCCC2)cc1C(C)(C)C. The Balaban J connectivity index is 1.71. The largest absolute Gasteiger partial charge is 0.438 e. The molecule has 3 N–H and O–H groups in total. The smallest absolute Gasteiger partial charge is 0.349 e. The molecule has 1 saturated carbocycles. The first-order valence-corrected chi connectivity index (χ1v) is 17.2. The van der Waals surface area contributed by atoms with E-state index in [1.54, 1.807) is 6.07 Å². The molecule has 1 aliphatic carbocycles. The summed E-state index contributed by atoms with van der Waals surface area (Å²) in [5, 5.41) is 7.07. The van der Waals surface area contributed by atoms with Crippen LogP contribution in [0, 0.1) is 5.92 Å². The molecule has 236 valence electrons. The van der Waals surface area contributed by atoms with Crippen LogP contribution in [0.4, 0.5) is 0 Å². The van der Waals surface area contributed by atoms with Gasteiger partial charge in [0.2, 0.25) is 10.0 Å². The number of aromatic amines is 1. The van der Waals surface area contributed by atoms with Crippen molar-refractivity contribution in [1.29, 1.82) is 0 Å². The third-order valence-electron chi connectivity index (χ3n) is 7.65. The number of thiazole rings is 1. The van der Waals surface area contributed by atoms with E-state index >= 15 is 0 Å². The first-order valence-electron chi connectivity index (χ1n) is 14.9. The fraction of sp³-hybridized carbons (Fsp3) is 0.613. The maximum absolute atomic E-state index is 13.4. The van der Waals surface area contributed by atoms with Crippen LogP contribution in [0.15, 0.2) is 32.4 Å². The molecule has 2 heterocycles. The van der Waals surface area contributed by atoms with Crippen molar-refractivity contribution in [3.63, 3.8) is 0 Å². The molecule has 3 aromatic rings. The second-order valence-corrected chi connectivity index (χ2v) is 17.0. The molecule has 1 amide bonds. The second-order valence-electron chi connectivity index (χ2n) is 14.3. The monoisotopic (exact) mass is 631 g/mol. The van der Waals surface area contributed by atoms with Gasteiger partial charge in [0.25, 0.3) is 5.91 Å². The number of sulfonamides is 1. The Labute approximate surface area is 258 Å². The van der Waals surface area contributed by atoms with Gasteiger partial charge in [-0.15, -0.1) is 11.3 Å². The molecule has 4 rings (SSSR count). The van der Waals surface area contributed by atoms with Gasteiger partial charge in [0, 0.05) is 17.5 Å². The summed E-state index contributed by atoms with van der Waals surface area (Å²) in [5.74, 6) is -0.119. The first kappa shape index (κ1) is 33.1. The summed E-state index contributed by atoms with van der Waals surface area (Å²) >= 11 is 1.32. The number of amides is 1. The molecule has 10 nitrogen and oxygen atoms in total. The van der Waals surface area contributed by atoms with Crippen LogP contribution >= 0.6 is 11.3 Å². The molecule has 1 fully saturated rings. The molecular formula is C31H45N5O5S2. The quantitative estimate of drug-likeness (QED) is 0.275. The zero-order valence-corrected chi connectivity index (χ0v) is 28.1. The highest BCUT2D eigenvalue weighted by Crippen LogP contribution is 2.39. The highest BCUT2D eigenvalue weighted by molar-refractivity contribution is 7.89. The van der Waals surface area contributed by atoms with Crippen LogP contribution in [-0.4, -0.2) is 41.5 Å². The summed E-state index contributed by atoms with van der Waals surface area (Å²) in [6.45, 7) is 15.4. The van der Waals surface area contributed by atoms with Crippen LogP contribution in [0.25, 0.3) is 10.4 Å². The number of nitrogens with zero attached hydrogens (tertiary/aromatic N) is 2. The van der Waals surface area contributed by atoms with Gasteiger partial charge in [-0.3, -0.25) is 14.3 Å². The minimum Gasteiger partial charge on any atom is -0.349 e. The normalized spacial score (nSPS) is 15.5. The van der Waals surface area contributed by atoms with Crippen molar-refractivity contribution in [3.8, 4) is 10.4 Å². The Morgan fingerprint density at radius 3 is 2.33 bits per heavy atom. The molecule has 2 aromatic heterocycles. The number of hydrogen-bond acceptors (Lipinski definition) is 8. The van der Waals surface area contributed by atoms with Crippen molar-refractivity contribution >= 4 is 27.3 Å². The van der Waals surface area contributed by atoms with E-state index in [2.05, 4.69) is 24.7 Å². The molecule has 0 aliphatic heterocycles. The fourth-order valence-electron chi connectivity index (χ4n) is 5.41. The van der Waals surface area contributed by atoms with Gasteiger partial charge in [0.15, 0.2) is 10.8 Å². The number of carbonyl (C=O) groups excluding carboxylic acids is 1. The summed E-state index contributed by atoms with van der Waals surface area (Å²) in [7, 11) is -3.77. The van der Waals surface area contributed by atoms with Gasteiger partial charge in [-0.25, -0.2) is 22.9 Å². The average Bonchev–Trinajstić information content (AvgIpc) is 3.53. The van der Waals surface area contributed by atoms with Crippen LogP contribution in [0.2, 0.25) is 0 Å². The second kappa shape index (κ2) is 12.3. The number of benzene rings is 1. The Bertz CT molecular complexity index is 1610. The third-order valence-corrected chi connectivity index (χ3v) is 10.6. The summed E-state index contributed by atoms with van der Waals surface area (Å²) in [6, 6.07) is 5.45. The molecule has 1 aromatic carbocycles. The summed E-state index contributed by atoms with van der Waals surface area (Å²) in [5.41, 5.74) is 0.662. The molecular weight excluding hydrogens is 587 g/mol. The Morgan fingerprint density at radius 2 is 1.74 bits per heavy atom. The maximum atomic E-state index is 13.4. The van der Waals surface area contributed by atoms with Gasteiger partial charge in [-0.1, -0.05) is 77.9 Å². The average molecular weight is 632 g/mol. The lowest BCUT2D eigenvalue weighted by Crippen LogP contribution is -2.41. The fourth-order valence-corrected chi connectivity index (χ4v) is 8.23. The molecule has 43 heavy (non-hydrogen) atoms. The lowest BCUT2D eigenvalue weighted by molar-refractivity contribution is 0.0944. The van der Waals surface area contributed by atoms with Crippen LogP contribution in [0.3, 0.4) is 0 Å². The van der Waals surface area contributed by atoms with Gasteiger partial charge in [0.05, 0.1) is 15.5 Å². The van der Waals surface area contributed by atoms with Gasteiger partial charge >= 0.3 is 5.76 Å². The zero-order chi connectivity index (χ0) is 31.8. The van der Waals surface area contributed by atoms with Gasteiger partial charge < -0.3 is 5.32 Å². The van der Waals surface area contributed by atoms with Crippen molar-refractivity contribution in [3.05, 3.63) is 50.8 Å². The molecule has 0 unspecified atom stereocenters. The lowest BCUT2D eigenvalue weighted by atomic mass is 9.84. The van der Waals surface area contributed by atoms with E-state index in [1.807, 2.05) is 67.5 Å². The van der Waals surface area contributed by atoms with E-state index < -0.39 is 32.1 Å². The van der Waals surface area contributed by atoms with Crippen LogP contribution < -0.4 is 15.8 Å². The number of rotatable bonds is 9. The summed E-state index contributed by atoms with van der Waals surface area (Å²) in [6.07, 6.45) is 6.66. The maximum Gasteiger partial charge on any atom is 0.438 e. The Hall–Kier alpha value is -2.83. The first-order chi connectivity index (χ1) is 19.9. The Kier molecular flexibility index (Phi) is 9.44. The van der Waals surface area contributed by atoms with Crippen molar-refractivity contribution in [2.75, 3.05) is 6.54 Å². The van der Waals surface area contributed by atoms with E-state index in [0.29, 0.717) is 22.3 Å². The van der Waals surface area contributed by atoms with E-state index in [0.717, 1.165) is 35.4 Å². The number of hydrogen-bond donors (Lipinski definition) is 3. The number of carbonyl (C=O) groups is 1. The number of aromatic nitrogens is 3. The summed E-state index contributed by atoms with van der Waals surface area (Å²) < 4.78 is 34.3. The Morgan fingerprint density at radius 1 is 1.07 bits per heavy atom. The topological polar surface area (TPSA) is 147 Å². The van der Waals surface area contributed by atoms with Crippen molar-refractivity contribution in [1.82, 2.24) is 25.2 Å². The van der Waals surface area contributed by atoms with Gasteiger partial charge in [-0.05, 0) is 61.8 Å². The lowest BCUT2D eigenvalue weighted by Gasteiger charge is -2.27. The number of nitrogens with one attached hydrogen (secondary N) is 3. The van der Waals surface area contributed by atoms with Crippen LogP contribution in [0.1, 0.15) is 114 Å². The third kappa shape index (κ3) is 8.21. The van der Waals surface area contributed by atoms with Crippen molar-refractivity contribution in [2.45, 2.75) is 115 Å². The van der Waals surface area contributed by atoms with E-state index in [1.165, 1.54) is 30.6 Å². The molecule has 0 bridgehead atoms. The van der Waals surface area contributed by atoms with Crippen molar-refractivity contribution < 1.29 is 17.7 Å². The molecule has 0 radical (unpaired) electrons. The molecule has 0 saturated heterocycles. The van der Waals surface area contributed by atoms with E-state index in [9.17, 15) is 18.0 Å². The zero-order valence-electron chi connectivity index (χ0n) is 26.5. The number of H-pyrrole nitrogens is 1. The summed E-state index contributed by atoms with van der Waals surface area (Å²) in [4.78, 5) is 33.4. The van der Waals surface area contributed by atoms with Gasteiger partial charge in [0.1, 0.15) is 0 Å².